The second kappa shape index (κ2) is 8.29. The van der Waals surface area contributed by atoms with Crippen molar-refractivity contribution in [1.82, 2.24) is 0 Å². The Morgan fingerprint density at radius 3 is 2.00 bits per heavy atom. The first-order chi connectivity index (χ1) is 11.4. The van der Waals surface area contributed by atoms with Crippen LogP contribution in [0.5, 0.6) is 5.75 Å². The van der Waals surface area contributed by atoms with Crippen LogP contribution < -0.4 is 4.74 Å². The summed E-state index contributed by atoms with van der Waals surface area (Å²) < 4.78 is 20.2. The second-order valence-electron chi connectivity index (χ2n) is 4.76. The third-order valence-corrected chi connectivity index (χ3v) is 3.70. The number of carboxylic acid groups (broad SMARTS) is 1. The van der Waals surface area contributed by atoms with Gasteiger partial charge in [-0.05, 0) is 17.7 Å². The van der Waals surface area contributed by atoms with Gasteiger partial charge in [-0.3, -0.25) is 4.79 Å². The Bertz CT molecular complexity index is 616. The largest absolute Gasteiger partial charge is 0.497 e. The van der Waals surface area contributed by atoms with Crippen molar-refractivity contribution in [2.24, 2.45) is 5.92 Å². The van der Waals surface area contributed by atoms with E-state index in [1.54, 1.807) is 18.2 Å². The molecule has 8 heteroatoms. The molecular formula is C16H19NO7. The highest BCUT2D eigenvalue weighted by Gasteiger charge is 2.54. The van der Waals surface area contributed by atoms with E-state index in [1.165, 1.54) is 33.5 Å². The molecule has 0 spiro atoms. The van der Waals surface area contributed by atoms with Crippen LogP contribution in [0.2, 0.25) is 0 Å². The summed E-state index contributed by atoms with van der Waals surface area (Å²) in [6, 6.07) is 7.90. The molecule has 0 unspecified atom stereocenters. The molecule has 1 aromatic carbocycles. The minimum absolute atomic E-state index is 0.346. The molecule has 0 aliphatic rings. The Morgan fingerprint density at radius 2 is 1.67 bits per heavy atom. The standard InChI is InChI=1S/C16H19NO7/c1-21-11-7-5-10(6-8-11)13(12(9-17)14(18)19)16(23-3,24-4)15(20)22-2/h5-8,12-13H,1-4H3,(H,18,19)/t12-,13-/m1/s1. The number of aliphatic carboxylic acids is 1. The molecule has 0 saturated heterocycles. The fourth-order valence-electron chi connectivity index (χ4n) is 2.49. The van der Waals surface area contributed by atoms with Gasteiger partial charge in [0, 0.05) is 14.2 Å². The van der Waals surface area contributed by atoms with Crippen LogP contribution in [0.15, 0.2) is 24.3 Å². The summed E-state index contributed by atoms with van der Waals surface area (Å²) in [6.07, 6.45) is 0. The third-order valence-electron chi connectivity index (χ3n) is 3.70. The molecule has 1 aromatic rings. The Kier molecular flexibility index (Phi) is 6.70. The van der Waals surface area contributed by atoms with Crippen molar-refractivity contribution in [2.45, 2.75) is 11.7 Å². The number of carbonyl (C=O) groups excluding carboxylic acids is 1. The van der Waals surface area contributed by atoms with Crippen molar-refractivity contribution in [3.63, 3.8) is 0 Å². The molecule has 2 atom stereocenters. The molecule has 0 saturated carbocycles. The van der Waals surface area contributed by atoms with E-state index in [0.29, 0.717) is 11.3 Å². The van der Waals surface area contributed by atoms with E-state index in [2.05, 4.69) is 0 Å². The Labute approximate surface area is 139 Å². The van der Waals surface area contributed by atoms with E-state index in [9.17, 15) is 20.0 Å². The van der Waals surface area contributed by atoms with Gasteiger partial charge in [-0.25, -0.2) is 4.79 Å². The average molecular weight is 337 g/mol. The molecular weight excluding hydrogens is 318 g/mol. The number of rotatable bonds is 8. The number of nitrogens with zero attached hydrogens (tertiary/aromatic N) is 1. The van der Waals surface area contributed by atoms with Crippen molar-refractivity contribution in [2.75, 3.05) is 28.4 Å². The molecule has 24 heavy (non-hydrogen) atoms. The van der Waals surface area contributed by atoms with Gasteiger partial charge >= 0.3 is 11.9 Å². The summed E-state index contributed by atoms with van der Waals surface area (Å²) in [5.41, 5.74) is 0.346. The normalized spacial score (nSPS) is 13.5. The lowest BCUT2D eigenvalue weighted by atomic mass is 9.79. The lowest BCUT2D eigenvalue weighted by molar-refractivity contribution is -0.240. The van der Waals surface area contributed by atoms with Gasteiger partial charge in [0.25, 0.3) is 5.79 Å². The van der Waals surface area contributed by atoms with E-state index in [-0.39, 0.29) is 0 Å². The molecule has 8 nitrogen and oxygen atoms in total. The minimum atomic E-state index is -2.10. The fourth-order valence-corrected chi connectivity index (χ4v) is 2.49. The number of hydrogen-bond donors (Lipinski definition) is 1. The Hall–Kier alpha value is -2.63. The molecule has 0 aliphatic heterocycles. The van der Waals surface area contributed by atoms with Crippen molar-refractivity contribution in [1.29, 1.82) is 5.26 Å². The first-order valence-corrected chi connectivity index (χ1v) is 6.86. The van der Waals surface area contributed by atoms with E-state index in [4.69, 9.17) is 18.9 Å². The molecule has 130 valence electrons. The molecule has 0 amide bonds. The van der Waals surface area contributed by atoms with E-state index >= 15 is 0 Å². The number of esters is 1. The van der Waals surface area contributed by atoms with Crippen molar-refractivity contribution < 1.29 is 33.6 Å². The monoisotopic (exact) mass is 337 g/mol. The third kappa shape index (κ3) is 3.48. The zero-order chi connectivity index (χ0) is 18.3. The lowest BCUT2D eigenvalue weighted by Gasteiger charge is -2.36. The molecule has 0 aromatic heterocycles. The van der Waals surface area contributed by atoms with Crippen LogP contribution in [-0.2, 0) is 23.8 Å². The molecule has 0 bridgehead atoms. The van der Waals surface area contributed by atoms with E-state index in [1.807, 2.05) is 0 Å². The van der Waals surface area contributed by atoms with Gasteiger partial charge in [0.1, 0.15) is 5.75 Å². The van der Waals surface area contributed by atoms with Crippen LogP contribution in [0.3, 0.4) is 0 Å². The maximum Gasteiger partial charge on any atom is 0.367 e. The molecule has 0 radical (unpaired) electrons. The number of benzene rings is 1. The van der Waals surface area contributed by atoms with Crippen molar-refractivity contribution >= 4 is 11.9 Å². The Morgan fingerprint density at radius 1 is 1.12 bits per heavy atom. The average Bonchev–Trinajstić information content (AvgIpc) is 2.61. The summed E-state index contributed by atoms with van der Waals surface area (Å²) >= 11 is 0. The number of carbonyl (C=O) groups is 2. The zero-order valence-electron chi connectivity index (χ0n) is 13.8. The zero-order valence-corrected chi connectivity index (χ0v) is 13.8. The highest BCUT2D eigenvalue weighted by molar-refractivity contribution is 5.83. The maximum atomic E-state index is 12.3. The summed E-state index contributed by atoms with van der Waals surface area (Å²) in [4.78, 5) is 23.8. The molecule has 1 rings (SSSR count). The van der Waals surface area contributed by atoms with Crippen LogP contribution in [0.4, 0.5) is 0 Å². The van der Waals surface area contributed by atoms with E-state index < -0.39 is 29.6 Å². The number of carboxylic acids is 1. The van der Waals surface area contributed by atoms with Gasteiger partial charge in [-0.2, -0.15) is 5.26 Å². The van der Waals surface area contributed by atoms with Crippen molar-refractivity contribution in [3.8, 4) is 11.8 Å². The highest BCUT2D eigenvalue weighted by Crippen LogP contribution is 2.39. The van der Waals surface area contributed by atoms with Gasteiger partial charge < -0.3 is 24.1 Å². The van der Waals surface area contributed by atoms with Gasteiger partial charge in [-0.1, -0.05) is 12.1 Å². The van der Waals surface area contributed by atoms with Crippen LogP contribution in [0, 0.1) is 17.2 Å². The summed E-state index contributed by atoms with van der Waals surface area (Å²) in [7, 11) is 4.94. The summed E-state index contributed by atoms with van der Waals surface area (Å²) in [5.74, 6) is -6.82. The lowest BCUT2D eigenvalue weighted by Crippen LogP contribution is -2.52. The quantitative estimate of drug-likeness (QED) is 0.555. The number of methoxy groups -OCH3 is 4. The molecule has 1 N–H and O–H groups in total. The predicted molar refractivity (Wildman–Crippen MR) is 81.2 cm³/mol. The predicted octanol–water partition coefficient (Wildman–Crippen LogP) is 1.17. The van der Waals surface area contributed by atoms with E-state index in [0.717, 1.165) is 7.11 Å². The number of hydrogen-bond acceptors (Lipinski definition) is 7. The first-order valence-electron chi connectivity index (χ1n) is 6.86. The van der Waals surface area contributed by atoms with Crippen LogP contribution >= 0.6 is 0 Å². The topological polar surface area (TPSA) is 115 Å². The molecule has 0 heterocycles. The van der Waals surface area contributed by atoms with Gasteiger partial charge in [0.15, 0.2) is 5.92 Å². The van der Waals surface area contributed by atoms with Gasteiger partial charge in [-0.15, -0.1) is 0 Å². The SMILES string of the molecule is COC(=O)C(OC)(OC)[C@H](c1ccc(OC)cc1)[C@@H](C#N)C(=O)O. The van der Waals surface area contributed by atoms with Crippen molar-refractivity contribution in [3.05, 3.63) is 29.8 Å². The van der Waals surface area contributed by atoms with Crippen LogP contribution in [0.1, 0.15) is 11.5 Å². The Balaban J connectivity index is 3.59. The summed E-state index contributed by atoms with van der Waals surface area (Å²) in [5, 5.41) is 18.7. The van der Waals surface area contributed by atoms with Gasteiger partial charge in [0.05, 0.1) is 26.2 Å². The summed E-state index contributed by atoms with van der Waals surface area (Å²) in [6.45, 7) is 0. The fraction of sp³-hybridized carbons (Fsp3) is 0.438. The van der Waals surface area contributed by atoms with Gasteiger partial charge in [0.2, 0.25) is 0 Å². The molecule has 0 fully saturated rings. The van der Waals surface area contributed by atoms with Crippen LogP contribution in [-0.4, -0.2) is 51.3 Å². The molecule has 0 aliphatic carbocycles. The minimum Gasteiger partial charge on any atom is -0.497 e. The maximum absolute atomic E-state index is 12.3. The number of nitriles is 1. The van der Waals surface area contributed by atoms with Crippen LogP contribution in [0.25, 0.3) is 0 Å². The highest BCUT2D eigenvalue weighted by atomic mass is 16.7. The smallest absolute Gasteiger partial charge is 0.367 e. The first kappa shape index (κ1) is 19.4. The number of ether oxygens (including phenoxy) is 4. The second-order valence-corrected chi connectivity index (χ2v) is 4.76.